The molecule has 20 heteroatoms. The maximum absolute atomic E-state index is 14.3. The van der Waals surface area contributed by atoms with E-state index in [1.54, 1.807) is 0 Å². The fourth-order valence-electron chi connectivity index (χ4n) is 8.20. The normalized spacial score (nSPS) is 16.3. The lowest BCUT2D eigenvalue weighted by atomic mass is 9.84. The van der Waals surface area contributed by atoms with Crippen LogP contribution >= 0.6 is 0 Å². The molecule has 13 N–H and O–H groups in total. The van der Waals surface area contributed by atoms with Crippen LogP contribution in [0.2, 0.25) is 0 Å². The Morgan fingerprint density at radius 1 is 0.765 bits per heavy atom. The average Bonchev–Trinajstić information content (AvgIpc) is 3.30. The van der Waals surface area contributed by atoms with Crippen molar-refractivity contribution >= 4 is 53.6 Å². The quantitative estimate of drug-likeness (QED) is 0.0288. The maximum Gasteiger partial charge on any atom is 0.252 e. The largest absolute Gasteiger partial charge is 0.370 e. The highest BCUT2D eigenvalue weighted by Gasteiger charge is 2.40. The van der Waals surface area contributed by atoms with E-state index in [-0.39, 0.29) is 55.9 Å². The van der Waals surface area contributed by atoms with Gasteiger partial charge in [0.25, 0.3) is 5.91 Å². The predicted octanol–water partition coefficient (Wildman–Crippen LogP) is 0.603. The second-order valence-corrected chi connectivity index (χ2v) is 18.4. The Morgan fingerprint density at radius 3 is 1.93 bits per heavy atom. The van der Waals surface area contributed by atoms with Crippen LogP contribution in [0.3, 0.4) is 0 Å². The Kier molecular flexibility index (Phi) is 26.6. The Labute approximate surface area is 403 Å². The van der Waals surface area contributed by atoms with Crippen LogP contribution in [-0.4, -0.2) is 138 Å². The monoisotopic (exact) mass is 954 g/mol. The first-order valence-corrected chi connectivity index (χ1v) is 24.3. The van der Waals surface area contributed by atoms with Crippen molar-refractivity contribution in [3.63, 3.8) is 0 Å². The van der Waals surface area contributed by atoms with E-state index in [2.05, 4.69) is 31.9 Å². The molecule has 1 fully saturated rings. The van der Waals surface area contributed by atoms with Gasteiger partial charge in [-0.25, -0.2) is 0 Å². The van der Waals surface area contributed by atoms with Crippen LogP contribution in [0.15, 0.2) is 30.3 Å². The van der Waals surface area contributed by atoms with Gasteiger partial charge in [-0.05, 0) is 103 Å². The fourth-order valence-corrected chi connectivity index (χ4v) is 8.20. The van der Waals surface area contributed by atoms with Crippen LogP contribution in [0.1, 0.15) is 124 Å². The molecule has 1 aromatic rings. The zero-order valence-corrected chi connectivity index (χ0v) is 41.4. The van der Waals surface area contributed by atoms with E-state index in [1.165, 1.54) is 27.8 Å². The molecule has 7 amide bonds. The first kappa shape index (κ1) is 58.7. The summed E-state index contributed by atoms with van der Waals surface area (Å²) < 4.78 is 0. The van der Waals surface area contributed by atoms with Gasteiger partial charge in [-0.3, -0.25) is 48.7 Å². The summed E-state index contributed by atoms with van der Waals surface area (Å²) in [6.45, 7) is 10.9. The van der Waals surface area contributed by atoms with Gasteiger partial charge in [0.1, 0.15) is 36.3 Å². The third-order valence-corrected chi connectivity index (χ3v) is 12.3. The van der Waals surface area contributed by atoms with E-state index in [0.29, 0.717) is 38.8 Å². The molecule has 20 nitrogen and oxygen atoms in total. The second kappa shape index (κ2) is 30.8. The highest BCUT2D eigenvalue weighted by Crippen LogP contribution is 2.28. The van der Waals surface area contributed by atoms with Gasteiger partial charge in [-0.15, -0.1) is 0 Å². The summed E-state index contributed by atoms with van der Waals surface area (Å²) in [6, 6.07) is 0.668. The molecule has 1 saturated carbocycles. The van der Waals surface area contributed by atoms with Crippen molar-refractivity contribution in [1.29, 1.82) is 5.41 Å². The Balaban J connectivity index is 2.20. The summed E-state index contributed by atoms with van der Waals surface area (Å²) in [5.74, 6) is -4.87. The van der Waals surface area contributed by atoms with Gasteiger partial charge in [-0.2, -0.15) is 0 Å². The highest BCUT2D eigenvalue weighted by atomic mass is 16.2. The molecule has 0 saturated heterocycles. The zero-order chi connectivity index (χ0) is 50.9. The highest BCUT2D eigenvalue weighted by molar-refractivity contribution is 6.03. The number of benzene rings is 1. The number of amides is 7. The molecule has 0 spiro atoms. The summed E-state index contributed by atoms with van der Waals surface area (Å²) in [7, 11) is 1.36. The summed E-state index contributed by atoms with van der Waals surface area (Å²) in [5, 5.41) is 24.0. The van der Waals surface area contributed by atoms with Crippen LogP contribution < -0.4 is 49.1 Å². The van der Waals surface area contributed by atoms with E-state index < -0.39 is 83.8 Å². The Hall–Kier alpha value is -5.47. The summed E-state index contributed by atoms with van der Waals surface area (Å²) in [4.78, 5) is 111. The minimum atomic E-state index is -1.34. The molecule has 68 heavy (non-hydrogen) atoms. The molecule has 1 radical (unpaired) electrons. The summed E-state index contributed by atoms with van der Waals surface area (Å²) in [5.41, 5.74) is 18.5. The van der Waals surface area contributed by atoms with Gasteiger partial charge in [0.15, 0.2) is 5.96 Å². The Bertz CT molecular complexity index is 1800. The van der Waals surface area contributed by atoms with Gasteiger partial charge in [0.2, 0.25) is 41.7 Å². The van der Waals surface area contributed by atoms with Crippen LogP contribution in [-0.2, 0) is 44.8 Å². The molecular weight excluding hydrogens is 873 g/mol. The fraction of sp³-hybridized carbons (Fsp3) is 0.688. The van der Waals surface area contributed by atoms with Crippen molar-refractivity contribution in [3.8, 4) is 0 Å². The number of guanidine groups is 1. The lowest BCUT2D eigenvalue weighted by molar-refractivity contribution is -0.154. The topological polar surface area (TPSA) is 317 Å². The van der Waals surface area contributed by atoms with Crippen molar-refractivity contribution < 1.29 is 38.4 Å². The van der Waals surface area contributed by atoms with Crippen LogP contribution in [0, 0.1) is 17.2 Å². The summed E-state index contributed by atoms with van der Waals surface area (Å²) >= 11 is 0. The maximum atomic E-state index is 14.3. The van der Waals surface area contributed by atoms with E-state index in [0.717, 1.165) is 47.5 Å². The molecule has 381 valence electrons. The van der Waals surface area contributed by atoms with Crippen molar-refractivity contribution in [1.82, 2.24) is 41.7 Å². The third-order valence-electron chi connectivity index (χ3n) is 12.3. The number of hydrogen-bond acceptors (Lipinski definition) is 12. The van der Waals surface area contributed by atoms with E-state index >= 15 is 0 Å². The number of carbonyl (C=O) groups is 7. The van der Waals surface area contributed by atoms with Gasteiger partial charge in [-0.1, -0.05) is 83.2 Å². The molecule has 1 aliphatic carbocycles. The van der Waals surface area contributed by atoms with Crippen LogP contribution in [0.5, 0.6) is 0 Å². The number of hydrogen-bond donors (Lipinski definition) is 10. The number of imide groups is 1. The van der Waals surface area contributed by atoms with Crippen molar-refractivity contribution in [2.24, 2.45) is 29.0 Å². The minimum absolute atomic E-state index is 0.00195. The molecule has 8 atom stereocenters. The number of nitrogens with zero attached hydrogens (tertiary/aromatic N) is 2. The Morgan fingerprint density at radius 2 is 1.35 bits per heavy atom. The van der Waals surface area contributed by atoms with Crippen molar-refractivity contribution in [3.05, 3.63) is 35.9 Å². The van der Waals surface area contributed by atoms with E-state index in [9.17, 15) is 38.4 Å². The van der Waals surface area contributed by atoms with Gasteiger partial charge >= 0.3 is 0 Å². The smallest absolute Gasteiger partial charge is 0.252 e. The third kappa shape index (κ3) is 20.0. The second-order valence-electron chi connectivity index (χ2n) is 18.4. The number of carbonyl (C=O) groups excluding carboxylic acids is 8. The molecule has 0 aromatic heterocycles. The molecule has 1 aromatic carbocycles. The minimum Gasteiger partial charge on any atom is -0.370 e. The lowest BCUT2D eigenvalue weighted by Gasteiger charge is -2.35. The number of nitrogens with two attached hydrogens (primary N) is 3. The van der Waals surface area contributed by atoms with Gasteiger partial charge in [0.05, 0.1) is 12.1 Å². The molecule has 1 aliphatic rings. The SMILES string of the molecule is CCN[C@@H](Cc1ccccc1)C(=O)N[C@@H](CCCCN)C(=O)N[C@@H](C)C(=O)N[C@@H](C)C(=O)N[C@@H](CC(C)C)C(=O)N(C)[C@@H](C)C(=O)N(C(=O)[C@@H](N)CC1CCCCC1)[C@H]([C]=O)CCCNC(=N)N. The zero-order valence-electron chi connectivity index (χ0n) is 41.4. The van der Waals surface area contributed by atoms with Crippen LogP contribution in [0.4, 0.5) is 0 Å². The molecule has 0 unspecified atom stereocenters. The average molecular weight is 954 g/mol. The van der Waals surface area contributed by atoms with E-state index in [1.807, 2.05) is 57.4 Å². The van der Waals surface area contributed by atoms with Crippen molar-refractivity contribution in [2.45, 2.75) is 173 Å². The summed E-state index contributed by atoms with van der Waals surface area (Å²) in [6.07, 6.45) is 9.27. The number of likely N-dealkylation sites (N-methyl/N-ethyl adjacent to an activating group) is 2. The number of nitrogens with one attached hydrogen (secondary N) is 7. The van der Waals surface area contributed by atoms with Crippen LogP contribution in [0.25, 0.3) is 0 Å². The van der Waals surface area contributed by atoms with Gasteiger partial charge < -0.3 is 54.0 Å². The first-order valence-electron chi connectivity index (χ1n) is 24.3. The number of unbranched alkanes of at least 4 members (excludes halogenated alkanes) is 1. The number of rotatable bonds is 30. The molecule has 0 heterocycles. The molecule has 0 aliphatic heterocycles. The predicted molar refractivity (Wildman–Crippen MR) is 261 cm³/mol. The standard InChI is InChI=1S/C48H81N12O8/c1-8-53-39(28-35-20-13-10-14-21-35)44(65)57-38(23-15-16-24-49)43(64)56-31(4)41(62)55-32(5)42(63)58-40(26-30(2)3)47(68)59(7)33(6)45(66)60(36(29-61)22-17-25-54-48(51)52)46(67)37(50)27-34-18-11-9-12-19-34/h10,13-14,20-21,30-34,36-40,53H,8-9,11-12,15-19,22-28,49-50H2,1-7H3,(H,55,62)(H,56,64)(H,57,65)(H,58,63)(H4,51,52,54)/t31-,32-,33-,36-,37-,38-,39-,40-/m0/s1. The van der Waals surface area contributed by atoms with Crippen molar-refractivity contribution in [2.75, 3.05) is 26.7 Å². The van der Waals surface area contributed by atoms with E-state index in [4.69, 9.17) is 22.6 Å². The lowest BCUT2D eigenvalue weighted by Crippen LogP contribution is -2.60. The molecule has 2 rings (SSSR count). The molecular formula is C48H81N12O8. The first-order chi connectivity index (χ1) is 32.2. The molecule has 0 bridgehead atoms. The van der Waals surface area contributed by atoms with Gasteiger partial charge in [0, 0.05) is 13.6 Å².